The van der Waals surface area contributed by atoms with E-state index in [9.17, 15) is 27.2 Å². The number of alkyl halides is 4. The van der Waals surface area contributed by atoms with Crippen molar-refractivity contribution in [2.24, 2.45) is 11.0 Å². The molecule has 0 saturated heterocycles. The summed E-state index contributed by atoms with van der Waals surface area (Å²) < 4.78 is 58.7. The summed E-state index contributed by atoms with van der Waals surface area (Å²) in [5.74, 6) is -5.49. The Bertz CT molecular complexity index is 1350. The van der Waals surface area contributed by atoms with Crippen LogP contribution in [0.3, 0.4) is 0 Å². The molecule has 0 aliphatic carbocycles. The van der Waals surface area contributed by atoms with E-state index in [4.69, 9.17) is 0 Å². The number of hydrazone groups is 1. The number of aromatic nitrogens is 1. The predicted octanol–water partition coefficient (Wildman–Crippen LogP) is 6.00. The maximum Gasteiger partial charge on any atom is 0.387 e. The fourth-order valence-electron chi connectivity index (χ4n) is 4.11. The zero-order chi connectivity index (χ0) is 26.7. The number of ketones is 1. The first kappa shape index (κ1) is 26.0. The molecule has 1 amide bonds. The highest BCUT2D eigenvalue weighted by molar-refractivity contribution is 6.27. The summed E-state index contributed by atoms with van der Waals surface area (Å²) >= 11 is 0. The summed E-state index contributed by atoms with van der Waals surface area (Å²) in [4.78, 5) is 30.5. The van der Waals surface area contributed by atoms with Gasteiger partial charge in [0.1, 0.15) is 11.7 Å². The van der Waals surface area contributed by atoms with Gasteiger partial charge in [-0.25, -0.2) is 8.78 Å². The molecular weight excluding hydrogens is 490 g/mol. The molecule has 0 radical (unpaired) electrons. The van der Waals surface area contributed by atoms with Gasteiger partial charge in [-0.05, 0) is 48.9 Å². The van der Waals surface area contributed by atoms with Crippen LogP contribution in [0.4, 0.5) is 23.2 Å². The lowest BCUT2D eigenvalue weighted by Crippen LogP contribution is -2.33. The Hall–Kier alpha value is -4.08. The number of Topliss-reactive ketones (excluding diaryl/α,β-unsaturated/α-hetero) is 1. The first-order valence-corrected chi connectivity index (χ1v) is 11.5. The number of rotatable bonds is 9. The first-order valence-electron chi connectivity index (χ1n) is 11.5. The molecule has 2 aromatic carbocycles. The van der Waals surface area contributed by atoms with Crippen LogP contribution in [-0.4, -0.2) is 29.0 Å². The molecule has 1 unspecified atom stereocenters. The Morgan fingerprint density at radius 3 is 2.57 bits per heavy atom. The number of halogens is 4. The van der Waals surface area contributed by atoms with Gasteiger partial charge in [-0.3, -0.25) is 14.6 Å². The van der Waals surface area contributed by atoms with E-state index in [0.717, 1.165) is 5.01 Å². The Kier molecular flexibility index (Phi) is 7.37. The second-order valence-electron chi connectivity index (χ2n) is 8.50. The Labute approximate surface area is 210 Å². The van der Waals surface area contributed by atoms with E-state index >= 15 is 0 Å². The lowest BCUT2D eigenvalue weighted by molar-refractivity contribution is -0.128. The summed E-state index contributed by atoms with van der Waals surface area (Å²) in [5, 5.41) is 5.26. The lowest BCUT2D eigenvalue weighted by Gasteiger charge is -2.17. The Balaban J connectivity index is 1.59. The molecular formula is C27H23F4N3O3. The average molecular weight is 513 g/mol. The predicted molar refractivity (Wildman–Crippen MR) is 130 cm³/mol. The van der Waals surface area contributed by atoms with Crippen molar-refractivity contribution >= 4 is 23.1 Å². The number of nitrogens with zero attached hydrogens (tertiary/aromatic N) is 3. The third kappa shape index (κ3) is 5.52. The van der Waals surface area contributed by atoms with E-state index < -0.39 is 30.1 Å². The summed E-state index contributed by atoms with van der Waals surface area (Å²) in [7, 11) is 0. The van der Waals surface area contributed by atoms with Gasteiger partial charge < -0.3 is 4.74 Å². The fraction of sp³-hybridized carbons (Fsp3) is 0.259. The molecule has 37 heavy (non-hydrogen) atoms. The summed E-state index contributed by atoms with van der Waals surface area (Å²) in [5.41, 5.74) is 1.17. The van der Waals surface area contributed by atoms with E-state index in [1.165, 1.54) is 56.4 Å². The molecule has 0 saturated carbocycles. The highest BCUT2D eigenvalue weighted by Gasteiger charge is 2.40. The van der Waals surface area contributed by atoms with Crippen molar-refractivity contribution in [1.82, 2.24) is 4.98 Å². The minimum atomic E-state index is -3.07. The van der Waals surface area contributed by atoms with Gasteiger partial charge >= 0.3 is 6.61 Å². The smallest absolute Gasteiger partial charge is 0.387 e. The van der Waals surface area contributed by atoms with Crippen molar-refractivity contribution in [3.05, 3.63) is 78.0 Å². The quantitative estimate of drug-likeness (QED) is 0.260. The average Bonchev–Trinajstić information content (AvgIpc) is 3.18. The molecule has 192 valence electrons. The van der Waals surface area contributed by atoms with E-state index in [2.05, 4.69) is 14.8 Å². The maximum absolute atomic E-state index is 14.1. The van der Waals surface area contributed by atoms with Gasteiger partial charge in [0.25, 0.3) is 11.8 Å². The standard InChI is InChI=1S/C27H23F4N3O3/c1-3-27(30,31)18-8-6-7-17(13-18)14-22(35)24-16(2)33-34(25(24)36)19-10-11-23(37-26(28)29)20(15-19)21-9-4-5-12-32-21/h4-13,15,24,26H,3,14H2,1-2H3. The van der Waals surface area contributed by atoms with Crippen molar-refractivity contribution in [3.63, 3.8) is 0 Å². The molecule has 1 aromatic heterocycles. The van der Waals surface area contributed by atoms with Gasteiger partial charge in [-0.2, -0.15) is 18.9 Å². The zero-order valence-electron chi connectivity index (χ0n) is 20.0. The van der Waals surface area contributed by atoms with Crippen molar-refractivity contribution < 1.29 is 31.9 Å². The molecule has 0 fully saturated rings. The number of benzene rings is 2. The van der Waals surface area contributed by atoms with Crippen LogP contribution in [0.25, 0.3) is 11.3 Å². The van der Waals surface area contributed by atoms with Crippen LogP contribution in [0, 0.1) is 5.92 Å². The van der Waals surface area contributed by atoms with Crippen LogP contribution in [0.2, 0.25) is 0 Å². The number of ether oxygens (including phenoxy) is 1. The number of anilines is 1. The lowest BCUT2D eigenvalue weighted by atomic mass is 9.92. The SMILES string of the molecule is CCC(F)(F)c1cccc(CC(=O)C2C(=O)N(c3ccc(OC(F)F)c(-c4ccccn4)c3)N=C2C)c1. The van der Waals surface area contributed by atoms with Crippen LogP contribution in [-0.2, 0) is 21.9 Å². The van der Waals surface area contributed by atoms with Gasteiger partial charge in [0.15, 0.2) is 5.78 Å². The number of pyridine rings is 1. The molecule has 10 heteroatoms. The third-order valence-corrected chi connectivity index (χ3v) is 5.99. The number of amides is 1. The van der Waals surface area contributed by atoms with Gasteiger partial charge in [0.2, 0.25) is 0 Å². The minimum absolute atomic E-state index is 0.138. The van der Waals surface area contributed by atoms with Gasteiger partial charge in [0.05, 0.1) is 17.1 Å². The minimum Gasteiger partial charge on any atom is -0.434 e. The molecule has 1 aliphatic rings. The topological polar surface area (TPSA) is 71.9 Å². The van der Waals surface area contributed by atoms with Crippen molar-refractivity contribution in [2.45, 2.75) is 39.2 Å². The van der Waals surface area contributed by atoms with Crippen molar-refractivity contribution in [3.8, 4) is 17.0 Å². The first-order chi connectivity index (χ1) is 17.6. The van der Waals surface area contributed by atoms with Crippen LogP contribution < -0.4 is 9.75 Å². The third-order valence-electron chi connectivity index (χ3n) is 5.99. The molecule has 6 nitrogen and oxygen atoms in total. The molecule has 1 atom stereocenters. The number of carbonyl (C=O) groups excluding carboxylic acids is 2. The fourth-order valence-corrected chi connectivity index (χ4v) is 4.11. The van der Waals surface area contributed by atoms with Gasteiger partial charge in [0, 0.05) is 30.2 Å². The van der Waals surface area contributed by atoms with E-state index in [0.29, 0.717) is 11.3 Å². The molecule has 3 aromatic rings. The highest BCUT2D eigenvalue weighted by Crippen LogP contribution is 2.36. The maximum atomic E-state index is 14.1. The second-order valence-corrected chi connectivity index (χ2v) is 8.50. The highest BCUT2D eigenvalue weighted by atomic mass is 19.3. The van der Waals surface area contributed by atoms with E-state index in [-0.39, 0.29) is 41.1 Å². The van der Waals surface area contributed by atoms with Gasteiger partial charge in [-0.1, -0.05) is 31.2 Å². The largest absolute Gasteiger partial charge is 0.434 e. The summed E-state index contributed by atoms with van der Waals surface area (Å²) in [6.45, 7) is -0.176. The van der Waals surface area contributed by atoms with Crippen LogP contribution in [0.5, 0.6) is 5.75 Å². The number of hydrogen-bond donors (Lipinski definition) is 0. The van der Waals surface area contributed by atoms with Crippen LogP contribution in [0.15, 0.2) is 72.0 Å². The normalized spacial score (nSPS) is 15.8. The van der Waals surface area contributed by atoms with E-state index in [1.54, 1.807) is 24.3 Å². The van der Waals surface area contributed by atoms with Crippen molar-refractivity contribution in [1.29, 1.82) is 0 Å². The number of carbonyl (C=O) groups is 2. The molecule has 4 rings (SSSR count). The summed E-state index contributed by atoms with van der Waals surface area (Å²) in [6, 6.07) is 14.6. The molecule has 1 aliphatic heterocycles. The zero-order valence-corrected chi connectivity index (χ0v) is 20.0. The Morgan fingerprint density at radius 2 is 1.89 bits per heavy atom. The number of hydrogen-bond acceptors (Lipinski definition) is 5. The van der Waals surface area contributed by atoms with Crippen molar-refractivity contribution in [2.75, 3.05) is 5.01 Å². The monoisotopic (exact) mass is 513 g/mol. The van der Waals surface area contributed by atoms with Crippen LogP contribution >= 0.6 is 0 Å². The van der Waals surface area contributed by atoms with Gasteiger partial charge in [-0.15, -0.1) is 0 Å². The molecule has 0 bridgehead atoms. The van der Waals surface area contributed by atoms with E-state index in [1.807, 2.05) is 0 Å². The molecule has 0 N–H and O–H groups in total. The Morgan fingerprint density at radius 1 is 1.11 bits per heavy atom. The molecule has 0 spiro atoms. The van der Waals surface area contributed by atoms with Crippen LogP contribution in [0.1, 0.15) is 31.4 Å². The molecule has 2 heterocycles. The second kappa shape index (κ2) is 10.5. The summed E-state index contributed by atoms with van der Waals surface area (Å²) in [6.07, 6.45) is 0.872.